The van der Waals surface area contributed by atoms with Crippen molar-refractivity contribution in [2.75, 3.05) is 32.5 Å². The van der Waals surface area contributed by atoms with E-state index in [2.05, 4.69) is 29.3 Å². The summed E-state index contributed by atoms with van der Waals surface area (Å²) in [6.45, 7) is 2.11. The second kappa shape index (κ2) is 7.83. The SMILES string of the molecule is CN(C)CC1CCC(CNc2cc(Cl)ncc2C(=O)C2CC2)CC1. The topological polar surface area (TPSA) is 45.2 Å². The maximum Gasteiger partial charge on any atom is 0.169 e. The first-order chi connectivity index (χ1) is 11.5. The maximum absolute atomic E-state index is 12.4. The minimum Gasteiger partial charge on any atom is -0.384 e. The smallest absolute Gasteiger partial charge is 0.169 e. The number of nitrogens with zero attached hydrogens (tertiary/aromatic N) is 2. The van der Waals surface area contributed by atoms with Crippen LogP contribution in [0.15, 0.2) is 12.3 Å². The van der Waals surface area contributed by atoms with Crippen molar-refractivity contribution < 1.29 is 4.79 Å². The van der Waals surface area contributed by atoms with Crippen molar-refractivity contribution in [2.24, 2.45) is 17.8 Å². The van der Waals surface area contributed by atoms with Crippen LogP contribution in [0.2, 0.25) is 5.15 Å². The zero-order valence-corrected chi connectivity index (χ0v) is 15.5. The first-order valence-corrected chi connectivity index (χ1v) is 9.49. The van der Waals surface area contributed by atoms with E-state index in [4.69, 9.17) is 11.6 Å². The molecule has 0 bridgehead atoms. The van der Waals surface area contributed by atoms with Crippen molar-refractivity contribution in [1.29, 1.82) is 0 Å². The number of Topliss-reactive ketones (excluding diaryl/α,β-unsaturated/α-hetero) is 1. The Balaban J connectivity index is 1.55. The van der Waals surface area contributed by atoms with Gasteiger partial charge in [-0.1, -0.05) is 11.6 Å². The summed E-state index contributed by atoms with van der Waals surface area (Å²) < 4.78 is 0. The minimum atomic E-state index is 0.204. The van der Waals surface area contributed by atoms with Crippen LogP contribution < -0.4 is 5.32 Å². The minimum absolute atomic E-state index is 0.204. The lowest BCUT2D eigenvalue weighted by atomic mass is 9.81. The van der Waals surface area contributed by atoms with Gasteiger partial charge in [0.05, 0.1) is 5.56 Å². The Morgan fingerprint density at radius 3 is 2.50 bits per heavy atom. The van der Waals surface area contributed by atoms with Crippen LogP contribution in [0.5, 0.6) is 0 Å². The van der Waals surface area contributed by atoms with Gasteiger partial charge in [-0.2, -0.15) is 0 Å². The van der Waals surface area contributed by atoms with Gasteiger partial charge in [0.1, 0.15) is 5.15 Å². The summed E-state index contributed by atoms with van der Waals surface area (Å²) in [6.07, 6.45) is 8.78. The van der Waals surface area contributed by atoms with E-state index in [1.807, 2.05) is 0 Å². The van der Waals surface area contributed by atoms with Crippen molar-refractivity contribution in [3.63, 3.8) is 0 Å². The van der Waals surface area contributed by atoms with E-state index in [1.54, 1.807) is 12.3 Å². The van der Waals surface area contributed by atoms with Crippen LogP contribution >= 0.6 is 11.6 Å². The standard InChI is InChI=1S/C19H28ClN3O/c1-23(2)12-14-5-3-13(4-6-14)10-21-17-9-18(20)22-11-16(17)19(24)15-7-8-15/h9,11,13-15H,3-8,10,12H2,1-2H3,(H,21,22). The van der Waals surface area contributed by atoms with E-state index in [0.29, 0.717) is 16.6 Å². The van der Waals surface area contributed by atoms with Crippen LogP contribution in [-0.2, 0) is 0 Å². The molecule has 24 heavy (non-hydrogen) atoms. The fourth-order valence-electron chi connectivity index (χ4n) is 3.73. The molecule has 2 aliphatic carbocycles. The third kappa shape index (κ3) is 4.70. The molecule has 1 N–H and O–H groups in total. The summed E-state index contributed by atoms with van der Waals surface area (Å²) in [6, 6.07) is 1.80. The van der Waals surface area contributed by atoms with Crippen molar-refractivity contribution >= 4 is 23.1 Å². The molecular formula is C19H28ClN3O. The number of rotatable bonds is 7. The molecule has 0 spiro atoms. The quantitative estimate of drug-likeness (QED) is 0.594. The van der Waals surface area contributed by atoms with Crippen molar-refractivity contribution in [1.82, 2.24) is 9.88 Å². The molecule has 0 unspecified atom stereocenters. The molecule has 0 saturated heterocycles. The van der Waals surface area contributed by atoms with Crippen LogP contribution in [0, 0.1) is 17.8 Å². The van der Waals surface area contributed by atoms with Gasteiger partial charge in [-0.3, -0.25) is 4.79 Å². The van der Waals surface area contributed by atoms with Crippen LogP contribution in [0.1, 0.15) is 48.9 Å². The van der Waals surface area contributed by atoms with Gasteiger partial charge in [0.15, 0.2) is 5.78 Å². The molecule has 0 radical (unpaired) electrons. The molecule has 132 valence electrons. The Hall–Kier alpha value is -1.13. The number of halogens is 1. The zero-order chi connectivity index (χ0) is 17.1. The molecule has 0 aliphatic heterocycles. The lowest BCUT2D eigenvalue weighted by Gasteiger charge is -2.30. The first-order valence-electron chi connectivity index (χ1n) is 9.11. The zero-order valence-electron chi connectivity index (χ0n) is 14.7. The van der Waals surface area contributed by atoms with Crippen LogP contribution in [0.3, 0.4) is 0 Å². The third-order valence-electron chi connectivity index (χ3n) is 5.26. The molecule has 1 aromatic heterocycles. The Labute approximate surface area is 150 Å². The molecule has 0 atom stereocenters. The number of ketones is 1. The number of aromatic nitrogens is 1. The number of hydrogen-bond donors (Lipinski definition) is 1. The third-order valence-corrected chi connectivity index (χ3v) is 5.46. The summed E-state index contributed by atoms with van der Waals surface area (Å²) in [5.74, 6) is 1.93. The second-order valence-electron chi connectivity index (χ2n) is 7.72. The molecule has 4 nitrogen and oxygen atoms in total. The lowest BCUT2D eigenvalue weighted by molar-refractivity contribution is 0.0968. The van der Waals surface area contributed by atoms with E-state index in [-0.39, 0.29) is 11.7 Å². The van der Waals surface area contributed by atoms with Gasteiger partial charge in [0.2, 0.25) is 0 Å². The van der Waals surface area contributed by atoms with Gasteiger partial charge in [-0.25, -0.2) is 4.98 Å². The first kappa shape index (κ1) is 17.7. The molecule has 0 amide bonds. The molecule has 5 heteroatoms. The summed E-state index contributed by atoms with van der Waals surface area (Å²) in [7, 11) is 4.30. The highest BCUT2D eigenvalue weighted by molar-refractivity contribution is 6.29. The van der Waals surface area contributed by atoms with E-state index in [0.717, 1.165) is 31.0 Å². The normalized spacial score (nSPS) is 24.2. The van der Waals surface area contributed by atoms with Gasteiger partial charge in [-0.15, -0.1) is 0 Å². The number of anilines is 1. The molecule has 3 rings (SSSR count). The highest BCUT2D eigenvalue weighted by Crippen LogP contribution is 2.35. The fraction of sp³-hybridized carbons (Fsp3) is 0.684. The number of carbonyl (C=O) groups is 1. The van der Waals surface area contributed by atoms with Gasteiger partial charge in [0.25, 0.3) is 0 Å². The Morgan fingerprint density at radius 1 is 1.21 bits per heavy atom. The van der Waals surface area contributed by atoms with Crippen molar-refractivity contribution in [3.05, 3.63) is 23.0 Å². The molecule has 2 saturated carbocycles. The Morgan fingerprint density at radius 2 is 1.88 bits per heavy atom. The highest BCUT2D eigenvalue weighted by atomic mass is 35.5. The lowest BCUT2D eigenvalue weighted by Crippen LogP contribution is -2.28. The van der Waals surface area contributed by atoms with E-state index < -0.39 is 0 Å². The summed E-state index contributed by atoms with van der Waals surface area (Å²) in [4.78, 5) is 18.8. The molecule has 2 aliphatic rings. The largest absolute Gasteiger partial charge is 0.384 e. The average Bonchev–Trinajstić information content (AvgIpc) is 3.38. The number of pyridine rings is 1. The maximum atomic E-state index is 12.4. The van der Waals surface area contributed by atoms with Gasteiger partial charge >= 0.3 is 0 Å². The predicted octanol–water partition coefficient (Wildman–Crippen LogP) is 4.11. The van der Waals surface area contributed by atoms with E-state index in [1.165, 1.54) is 32.2 Å². The van der Waals surface area contributed by atoms with Gasteiger partial charge in [-0.05, 0) is 70.5 Å². The van der Waals surface area contributed by atoms with E-state index >= 15 is 0 Å². The average molecular weight is 350 g/mol. The molecule has 1 heterocycles. The van der Waals surface area contributed by atoms with Crippen molar-refractivity contribution in [3.8, 4) is 0 Å². The summed E-state index contributed by atoms with van der Waals surface area (Å²) in [5, 5.41) is 3.93. The number of carbonyl (C=O) groups excluding carboxylic acids is 1. The fourth-order valence-corrected chi connectivity index (χ4v) is 3.88. The summed E-state index contributed by atoms with van der Waals surface area (Å²) in [5.41, 5.74) is 1.57. The number of nitrogens with one attached hydrogen (secondary N) is 1. The Kier molecular flexibility index (Phi) is 5.77. The van der Waals surface area contributed by atoms with Crippen molar-refractivity contribution in [2.45, 2.75) is 38.5 Å². The van der Waals surface area contributed by atoms with E-state index in [9.17, 15) is 4.79 Å². The Bertz CT molecular complexity index is 578. The number of hydrogen-bond acceptors (Lipinski definition) is 4. The van der Waals surface area contributed by atoms with Crippen LogP contribution in [0.25, 0.3) is 0 Å². The molecule has 2 fully saturated rings. The van der Waals surface area contributed by atoms with Gasteiger partial charge in [0, 0.05) is 30.9 Å². The van der Waals surface area contributed by atoms with Crippen LogP contribution in [-0.4, -0.2) is 42.9 Å². The molecule has 1 aromatic rings. The second-order valence-corrected chi connectivity index (χ2v) is 8.11. The summed E-state index contributed by atoms with van der Waals surface area (Å²) >= 11 is 6.04. The van der Waals surface area contributed by atoms with Crippen LogP contribution in [0.4, 0.5) is 5.69 Å². The molecule has 0 aromatic carbocycles. The predicted molar refractivity (Wildman–Crippen MR) is 98.8 cm³/mol. The van der Waals surface area contributed by atoms with Gasteiger partial charge < -0.3 is 10.2 Å². The highest BCUT2D eigenvalue weighted by Gasteiger charge is 2.32. The molecular weight excluding hydrogens is 322 g/mol. The monoisotopic (exact) mass is 349 g/mol.